The third kappa shape index (κ3) is 4.92. The number of nitrogens with zero attached hydrogens (tertiary/aromatic N) is 3. The number of hydrogen-bond acceptors (Lipinski definition) is 10. The maximum atomic E-state index is 12.6. The molecule has 12 nitrogen and oxygen atoms in total. The van der Waals surface area contributed by atoms with Crippen molar-refractivity contribution < 1.29 is 28.2 Å². The second-order valence-corrected chi connectivity index (χ2v) is 10.0. The normalized spacial score (nSPS) is 17.1. The summed E-state index contributed by atoms with van der Waals surface area (Å²) in [6.07, 6.45) is 2.52. The zero-order valence-electron chi connectivity index (χ0n) is 22.5. The van der Waals surface area contributed by atoms with Crippen LogP contribution in [-0.2, 0) is 9.47 Å². The summed E-state index contributed by atoms with van der Waals surface area (Å²) in [5.74, 6) is 1.63. The zero-order valence-corrected chi connectivity index (χ0v) is 22.5. The van der Waals surface area contributed by atoms with Crippen LogP contribution in [0.15, 0.2) is 47.0 Å². The topological polar surface area (TPSA) is 146 Å². The van der Waals surface area contributed by atoms with E-state index in [0.29, 0.717) is 72.4 Å². The molecule has 0 saturated carbocycles. The maximum Gasteiger partial charge on any atom is 0.251 e. The van der Waals surface area contributed by atoms with Crippen molar-refractivity contribution in [2.75, 3.05) is 38.9 Å². The second kappa shape index (κ2) is 10.4. The number of nitrogens with one attached hydrogen (secondary N) is 3. The number of H-pyrrole nitrogens is 1. The van der Waals surface area contributed by atoms with E-state index < -0.39 is 0 Å². The van der Waals surface area contributed by atoms with Gasteiger partial charge in [-0.1, -0.05) is 6.07 Å². The van der Waals surface area contributed by atoms with Crippen molar-refractivity contribution >= 4 is 39.7 Å². The van der Waals surface area contributed by atoms with Crippen molar-refractivity contribution in [3.8, 4) is 22.8 Å². The van der Waals surface area contributed by atoms with Crippen LogP contribution >= 0.6 is 0 Å². The lowest BCUT2D eigenvalue weighted by Gasteiger charge is -2.26. The van der Waals surface area contributed by atoms with Gasteiger partial charge in [0.15, 0.2) is 11.5 Å². The Morgan fingerprint density at radius 1 is 1.07 bits per heavy atom. The molecule has 2 aliphatic rings. The predicted octanol–water partition coefficient (Wildman–Crippen LogP) is 4.12. The molecule has 2 fully saturated rings. The molecule has 2 aliphatic heterocycles. The number of aryl methyl sites for hydroxylation is 1. The van der Waals surface area contributed by atoms with Crippen LogP contribution in [0.1, 0.15) is 22.7 Å². The molecule has 0 unspecified atom stereocenters. The molecule has 5 aromatic rings. The summed E-state index contributed by atoms with van der Waals surface area (Å²) >= 11 is 0. The highest BCUT2D eigenvalue weighted by Crippen LogP contribution is 2.37. The Morgan fingerprint density at radius 2 is 1.98 bits per heavy atom. The fraction of sp³-hybridized carbons (Fsp3) is 0.310. The molecule has 1 atom stereocenters. The number of ether oxygens (including phenoxy) is 4. The van der Waals surface area contributed by atoms with Gasteiger partial charge in [-0.2, -0.15) is 9.97 Å². The van der Waals surface area contributed by atoms with Gasteiger partial charge in [-0.25, -0.2) is 4.98 Å². The molecular weight excluding hydrogens is 528 g/mol. The molecule has 210 valence electrons. The lowest BCUT2D eigenvalue weighted by molar-refractivity contribution is -0.00346. The zero-order chi connectivity index (χ0) is 27.9. The maximum absolute atomic E-state index is 12.6. The van der Waals surface area contributed by atoms with E-state index >= 15 is 0 Å². The Hall–Kier alpha value is -4.68. The predicted molar refractivity (Wildman–Crippen MR) is 150 cm³/mol. The molecule has 7 rings (SSSR count). The van der Waals surface area contributed by atoms with E-state index in [0.717, 1.165) is 28.5 Å². The van der Waals surface area contributed by atoms with Crippen LogP contribution in [-0.4, -0.2) is 71.5 Å². The van der Waals surface area contributed by atoms with Crippen LogP contribution in [0.25, 0.3) is 33.3 Å². The number of carbonyl (C=O) groups is 1. The largest absolute Gasteiger partial charge is 0.495 e. The monoisotopic (exact) mass is 556 g/mol. The van der Waals surface area contributed by atoms with Gasteiger partial charge in [0.2, 0.25) is 11.8 Å². The summed E-state index contributed by atoms with van der Waals surface area (Å²) in [5.41, 5.74) is 4.96. The molecule has 0 aliphatic carbocycles. The number of oxazole rings is 1. The Labute approximate surface area is 234 Å². The van der Waals surface area contributed by atoms with Crippen LogP contribution in [0.2, 0.25) is 0 Å². The lowest BCUT2D eigenvalue weighted by atomic mass is 10.1. The first-order chi connectivity index (χ1) is 20.0. The average Bonchev–Trinajstić information content (AvgIpc) is 3.70. The molecule has 2 saturated heterocycles. The fourth-order valence-electron chi connectivity index (χ4n) is 4.98. The number of aromatic amines is 1. The van der Waals surface area contributed by atoms with Crippen molar-refractivity contribution in [2.45, 2.75) is 25.5 Å². The minimum atomic E-state index is -0.187. The standard InChI is InChI=1S/C29H28N6O6/c1-15-31-22-5-3-16(9-24(22)40-15)20-11-30-26-25(20)28(41-19-7-8-38-14-19)35-29(34-26)33-21-6-4-17(10-23(21)37-2)27(36)32-18-12-39-13-18/h3-6,9-11,18-19H,7-8,12-14H2,1-2H3,(H,32,36)(H2,30,33,34,35)/t19-/m0/s1. The molecule has 1 amide bonds. The van der Waals surface area contributed by atoms with Crippen LogP contribution in [0.4, 0.5) is 11.6 Å². The number of hydrogen-bond donors (Lipinski definition) is 3. The number of aromatic nitrogens is 4. The average molecular weight is 557 g/mol. The number of carbonyl (C=O) groups excluding carboxylic acids is 1. The third-order valence-corrected chi connectivity index (χ3v) is 7.15. The van der Waals surface area contributed by atoms with Gasteiger partial charge in [-0.15, -0.1) is 0 Å². The van der Waals surface area contributed by atoms with E-state index in [4.69, 9.17) is 33.3 Å². The SMILES string of the molecule is COc1cc(C(=O)NC2COC2)ccc1Nc1nc(O[C@H]2CCOC2)c2c(-c3ccc4nc(C)oc4c3)c[nH]c2n1. The smallest absolute Gasteiger partial charge is 0.251 e. The van der Waals surface area contributed by atoms with Gasteiger partial charge in [0, 0.05) is 30.7 Å². The Kier molecular flexibility index (Phi) is 6.40. The van der Waals surface area contributed by atoms with E-state index in [2.05, 4.69) is 20.6 Å². The summed E-state index contributed by atoms with van der Waals surface area (Å²) in [7, 11) is 1.55. The number of amides is 1. The van der Waals surface area contributed by atoms with Crippen LogP contribution in [0.3, 0.4) is 0 Å². The van der Waals surface area contributed by atoms with Gasteiger partial charge in [-0.05, 0) is 35.9 Å². The van der Waals surface area contributed by atoms with Crippen LogP contribution in [0, 0.1) is 6.92 Å². The van der Waals surface area contributed by atoms with E-state index in [1.54, 1.807) is 25.3 Å². The molecule has 3 aromatic heterocycles. The summed E-state index contributed by atoms with van der Waals surface area (Å²) in [6.45, 7) is 3.99. The molecule has 2 aromatic carbocycles. The Morgan fingerprint density at radius 3 is 2.76 bits per heavy atom. The highest BCUT2D eigenvalue weighted by Gasteiger charge is 2.24. The molecule has 0 spiro atoms. The number of anilines is 2. The molecule has 0 bridgehead atoms. The fourth-order valence-corrected chi connectivity index (χ4v) is 4.98. The van der Waals surface area contributed by atoms with Gasteiger partial charge < -0.3 is 39.0 Å². The van der Waals surface area contributed by atoms with Gasteiger partial charge in [0.25, 0.3) is 5.91 Å². The lowest BCUT2D eigenvalue weighted by Crippen LogP contribution is -2.48. The highest BCUT2D eigenvalue weighted by molar-refractivity contribution is 5.99. The van der Waals surface area contributed by atoms with E-state index in [-0.39, 0.29) is 18.1 Å². The molecular formula is C29H28N6O6. The van der Waals surface area contributed by atoms with Gasteiger partial charge in [0.05, 0.1) is 50.7 Å². The molecule has 12 heteroatoms. The number of fused-ring (bicyclic) bond motifs is 2. The first-order valence-corrected chi connectivity index (χ1v) is 13.4. The quantitative estimate of drug-likeness (QED) is 0.255. The Balaban J connectivity index is 1.24. The summed E-state index contributed by atoms with van der Waals surface area (Å²) in [6, 6.07) is 11.1. The van der Waals surface area contributed by atoms with Gasteiger partial charge >= 0.3 is 0 Å². The van der Waals surface area contributed by atoms with E-state index in [1.165, 1.54) is 0 Å². The molecule has 41 heavy (non-hydrogen) atoms. The molecule has 0 radical (unpaired) electrons. The number of benzene rings is 2. The number of rotatable bonds is 8. The second-order valence-electron chi connectivity index (χ2n) is 10.0. The van der Waals surface area contributed by atoms with Crippen molar-refractivity contribution in [3.05, 3.63) is 54.0 Å². The first kappa shape index (κ1) is 25.3. The Bertz CT molecular complexity index is 1750. The van der Waals surface area contributed by atoms with E-state index in [9.17, 15) is 4.79 Å². The van der Waals surface area contributed by atoms with Crippen LogP contribution < -0.4 is 20.1 Å². The molecule has 5 heterocycles. The highest BCUT2D eigenvalue weighted by atomic mass is 16.5. The van der Waals surface area contributed by atoms with Crippen molar-refractivity contribution in [1.29, 1.82) is 0 Å². The van der Waals surface area contributed by atoms with Crippen LogP contribution in [0.5, 0.6) is 11.6 Å². The molecule has 3 N–H and O–H groups in total. The minimum Gasteiger partial charge on any atom is -0.495 e. The third-order valence-electron chi connectivity index (χ3n) is 7.15. The first-order valence-electron chi connectivity index (χ1n) is 13.4. The van der Waals surface area contributed by atoms with Crippen molar-refractivity contribution in [2.24, 2.45) is 0 Å². The van der Waals surface area contributed by atoms with Crippen molar-refractivity contribution in [1.82, 2.24) is 25.3 Å². The summed E-state index contributed by atoms with van der Waals surface area (Å²) in [4.78, 5) is 29.8. The van der Waals surface area contributed by atoms with Crippen molar-refractivity contribution in [3.63, 3.8) is 0 Å². The summed E-state index contributed by atoms with van der Waals surface area (Å²) < 4.78 is 28.4. The van der Waals surface area contributed by atoms with Gasteiger partial charge in [0.1, 0.15) is 23.0 Å². The summed E-state index contributed by atoms with van der Waals surface area (Å²) in [5, 5.41) is 6.92. The van der Waals surface area contributed by atoms with E-state index in [1.807, 2.05) is 31.3 Å². The van der Waals surface area contributed by atoms with Gasteiger partial charge in [-0.3, -0.25) is 4.79 Å². The minimum absolute atomic E-state index is 0.0302. The number of methoxy groups -OCH3 is 1.